The molecule has 1 heteroatoms. The van der Waals surface area contributed by atoms with Crippen molar-refractivity contribution in [2.24, 2.45) is 0 Å². The predicted molar refractivity (Wildman–Crippen MR) is 93.1 cm³/mol. The molecule has 0 saturated carbocycles. The number of para-hydroxylation sites is 1. The summed E-state index contributed by atoms with van der Waals surface area (Å²) >= 11 is 0. The first-order valence-electron chi connectivity index (χ1n) is 7.97. The van der Waals surface area contributed by atoms with E-state index in [1.165, 1.54) is 22.4 Å². The van der Waals surface area contributed by atoms with Gasteiger partial charge >= 0.3 is 0 Å². The Hall–Kier alpha value is -1.76. The van der Waals surface area contributed by atoms with Gasteiger partial charge in [-0.15, -0.1) is 0 Å². The Morgan fingerprint density at radius 2 is 1.71 bits per heavy atom. The average Bonchev–Trinajstić information content (AvgIpc) is 2.45. The lowest BCUT2D eigenvalue weighted by molar-refractivity contribution is 0.703. The van der Waals surface area contributed by atoms with E-state index in [1.807, 2.05) is 0 Å². The zero-order chi connectivity index (χ0) is 15.2. The molecule has 2 aromatic carbocycles. The lowest BCUT2D eigenvalue weighted by Gasteiger charge is -2.20. The van der Waals surface area contributed by atoms with Gasteiger partial charge in [-0.25, -0.2) is 0 Å². The van der Waals surface area contributed by atoms with Crippen molar-refractivity contribution in [2.45, 2.75) is 52.5 Å². The van der Waals surface area contributed by atoms with Crippen molar-refractivity contribution in [1.82, 2.24) is 0 Å². The fourth-order valence-corrected chi connectivity index (χ4v) is 2.72. The third-order valence-corrected chi connectivity index (χ3v) is 3.93. The van der Waals surface area contributed by atoms with Crippen LogP contribution in [0.15, 0.2) is 48.5 Å². The highest BCUT2D eigenvalue weighted by atomic mass is 14.9. The molecule has 1 atom stereocenters. The lowest BCUT2D eigenvalue weighted by Crippen LogP contribution is -2.17. The largest absolute Gasteiger partial charge is 0.382 e. The van der Waals surface area contributed by atoms with Gasteiger partial charge in [0, 0.05) is 11.7 Å². The summed E-state index contributed by atoms with van der Waals surface area (Å²) in [6.07, 6.45) is 2.27. The first-order chi connectivity index (χ1) is 10.1. The number of hydrogen-bond donors (Lipinski definition) is 1. The van der Waals surface area contributed by atoms with Crippen molar-refractivity contribution >= 4 is 5.69 Å². The van der Waals surface area contributed by atoms with E-state index in [-0.39, 0.29) is 0 Å². The molecule has 21 heavy (non-hydrogen) atoms. The van der Waals surface area contributed by atoms with Crippen LogP contribution >= 0.6 is 0 Å². The molecule has 1 N–H and O–H groups in total. The molecule has 0 aliphatic rings. The number of nitrogens with one attached hydrogen (secondary N) is 1. The second kappa shape index (κ2) is 7.31. The summed E-state index contributed by atoms with van der Waals surface area (Å²) in [6, 6.07) is 17.9. The molecule has 0 saturated heterocycles. The van der Waals surface area contributed by atoms with Crippen LogP contribution in [0.4, 0.5) is 5.69 Å². The number of hydrogen-bond acceptors (Lipinski definition) is 1. The summed E-state index contributed by atoms with van der Waals surface area (Å²) in [5.41, 5.74) is 5.46. The summed E-state index contributed by atoms with van der Waals surface area (Å²) < 4.78 is 0. The number of rotatable bonds is 6. The summed E-state index contributed by atoms with van der Waals surface area (Å²) in [5.74, 6) is 0.553. The molecule has 112 valence electrons. The third kappa shape index (κ3) is 4.63. The Balaban J connectivity index is 1.94. The summed E-state index contributed by atoms with van der Waals surface area (Å²) in [7, 11) is 0. The van der Waals surface area contributed by atoms with Gasteiger partial charge in [0.2, 0.25) is 0 Å². The van der Waals surface area contributed by atoms with E-state index in [9.17, 15) is 0 Å². The Labute approximate surface area is 129 Å². The van der Waals surface area contributed by atoms with Crippen LogP contribution < -0.4 is 5.32 Å². The first kappa shape index (κ1) is 15.6. The monoisotopic (exact) mass is 281 g/mol. The van der Waals surface area contributed by atoms with Crippen molar-refractivity contribution < 1.29 is 0 Å². The summed E-state index contributed by atoms with van der Waals surface area (Å²) in [4.78, 5) is 0. The number of anilines is 1. The van der Waals surface area contributed by atoms with E-state index >= 15 is 0 Å². The molecule has 0 amide bonds. The van der Waals surface area contributed by atoms with Crippen LogP contribution in [0.2, 0.25) is 0 Å². The molecular weight excluding hydrogens is 254 g/mol. The fraction of sp³-hybridized carbons (Fsp3) is 0.400. The van der Waals surface area contributed by atoms with Crippen molar-refractivity contribution in [2.75, 3.05) is 5.32 Å². The quantitative estimate of drug-likeness (QED) is 0.731. The topological polar surface area (TPSA) is 12.0 Å². The van der Waals surface area contributed by atoms with Crippen LogP contribution in [-0.2, 0) is 6.42 Å². The van der Waals surface area contributed by atoms with E-state index in [1.54, 1.807) is 0 Å². The van der Waals surface area contributed by atoms with Gasteiger partial charge in [-0.3, -0.25) is 0 Å². The smallest absolute Gasteiger partial charge is 0.0377 e. The van der Waals surface area contributed by atoms with E-state index in [4.69, 9.17) is 0 Å². The molecule has 0 fully saturated rings. The van der Waals surface area contributed by atoms with Gasteiger partial charge in [0.05, 0.1) is 0 Å². The molecule has 0 heterocycles. The highest BCUT2D eigenvalue weighted by molar-refractivity contribution is 5.53. The third-order valence-electron chi connectivity index (χ3n) is 3.93. The van der Waals surface area contributed by atoms with Crippen LogP contribution in [-0.4, -0.2) is 6.04 Å². The van der Waals surface area contributed by atoms with Crippen molar-refractivity contribution in [3.05, 3.63) is 65.2 Å². The first-order valence-corrected chi connectivity index (χ1v) is 7.97. The SMILES string of the molecule is Cc1cccc(CCC(C)Nc2ccccc2C(C)C)c1. The molecule has 0 aromatic heterocycles. The molecule has 2 rings (SSSR count). The van der Waals surface area contributed by atoms with Crippen LogP contribution in [0.5, 0.6) is 0 Å². The molecule has 2 aromatic rings. The zero-order valence-corrected chi connectivity index (χ0v) is 13.7. The number of benzene rings is 2. The summed E-state index contributed by atoms with van der Waals surface area (Å²) in [6.45, 7) is 8.92. The van der Waals surface area contributed by atoms with E-state index in [2.05, 4.69) is 81.5 Å². The highest BCUT2D eigenvalue weighted by Gasteiger charge is 2.08. The van der Waals surface area contributed by atoms with Gasteiger partial charge < -0.3 is 5.32 Å². The minimum Gasteiger partial charge on any atom is -0.382 e. The second-order valence-corrected chi connectivity index (χ2v) is 6.32. The van der Waals surface area contributed by atoms with Crippen LogP contribution in [0.25, 0.3) is 0 Å². The predicted octanol–water partition coefficient (Wildman–Crippen LogP) is 5.55. The Morgan fingerprint density at radius 1 is 0.952 bits per heavy atom. The molecule has 0 aliphatic heterocycles. The van der Waals surface area contributed by atoms with Gasteiger partial charge in [-0.2, -0.15) is 0 Å². The van der Waals surface area contributed by atoms with Gasteiger partial charge in [-0.05, 0) is 49.8 Å². The molecule has 1 unspecified atom stereocenters. The maximum atomic E-state index is 3.68. The number of aryl methyl sites for hydroxylation is 2. The van der Waals surface area contributed by atoms with Gasteiger partial charge in [0.15, 0.2) is 0 Å². The van der Waals surface area contributed by atoms with Crippen molar-refractivity contribution in [1.29, 1.82) is 0 Å². The molecule has 0 radical (unpaired) electrons. The minimum absolute atomic E-state index is 0.477. The molecule has 0 aliphatic carbocycles. The van der Waals surface area contributed by atoms with Gasteiger partial charge in [0.25, 0.3) is 0 Å². The Bertz CT molecular complexity index is 572. The Kier molecular flexibility index (Phi) is 5.44. The van der Waals surface area contributed by atoms with Crippen molar-refractivity contribution in [3.8, 4) is 0 Å². The molecule has 0 bridgehead atoms. The van der Waals surface area contributed by atoms with E-state index in [0.717, 1.165) is 12.8 Å². The van der Waals surface area contributed by atoms with Crippen molar-refractivity contribution in [3.63, 3.8) is 0 Å². The maximum Gasteiger partial charge on any atom is 0.0377 e. The van der Waals surface area contributed by atoms with Crippen LogP contribution in [0.1, 0.15) is 49.8 Å². The normalized spacial score (nSPS) is 12.4. The molecule has 1 nitrogen and oxygen atoms in total. The lowest BCUT2D eigenvalue weighted by atomic mass is 10.00. The van der Waals surface area contributed by atoms with E-state index in [0.29, 0.717) is 12.0 Å². The molecule has 0 spiro atoms. The molecular formula is C20H27N. The standard InChI is InChI=1S/C20H27N/c1-15(2)19-10-5-6-11-20(19)21-17(4)12-13-18-9-7-8-16(3)14-18/h5-11,14-15,17,21H,12-13H2,1-4H3. The Morgan fingerprint density at radius 3 is 2.43 bits per heavy atom. The van der Waals surface area contributed by atoms with E-state index < -0.39 is 0 Å². The highest BCUT2D eigenvalue weighted by Crippen LogP contribution is 2.24. The zero-order valence-electron chi connectivity index (χ0n) is 13.7. The second-order valence-electron chi connectivity index (χ2n) is 6.32. The van der Waals surface area contributed by atoms with Crippen LogP contribution in [0, 0.1) is 6.92 Å². The van der Waals surface area contributed by atoms with Crippen LogP contribution in [0.3, 0.4) is 0 Å². The van der Waals surface area contributed by atoms with Gasteiger partial charge in [-0.1, -0.05) is 61.9 Å². The van der Waals surface area contributed by atoms with Gasteiger partial charge in [0.1, 0.15) is 0 Å². The minimum atomic E-state index is 0.477. The summed E-state index contributed by atoms with van der Waals surface area (Å²) in [5, 5.41) is 3.68. The fourth-order valence-electron chi connectivity index (χ4n) is 2.72. The average molecular weight is 281 g/mol. The maximum absolute atomic E-state index is 3.68.